The van der Waals surface area contributed by atoms with Crippen molar-refractivity contribution in [3.63, 3.8) is 0 Å². The average molecular weight is 465 g/mol. The van der Waals surface area contributed by atoms with Gasteiger partial charge >= 0.3 is 5.97 Å². The summed E-state index contributed by atoms with van der Waals surface area (Å²) in [7, 11) is 0. The number of carboxylic acids is 1. The number of carbonyl (C=O) groups is 1. The summed E-state index contributed by atoms with van der Waals surface area (Å²) in [5, 5.41) is 49.0. The molecule has 0 saturated carbocycles. The van der Waals surface area contributed by atoms with Gasteiger partial charge in [-0.05, 0) is 70.6 Å². The van der Waals surface area contributed by atoms with Crippen LogP contribution >= 0.6 is 0 Å². The summed E-state index contributed by atoms with van der Waals surface area (Å²) >= 11 is 0. The third kappa shape index (κ3) is 7.57. The molecule has 33 heavy (non-hydrogen) atoms. The molecule has 4 atom stereocenters. The number of allylic oxidation sites excluding steroid dienone is 4. The SMILES string of the molecule is CC(=CCc1cc(O[C@@H]2OC[C@@H](O)[C@H](O)[C@H]2O)c(C)c(C)c1O)CC/C=C(\C)CCC(=O)O. The quantitative estimate of drug-likeness (QED) is 0.334. The average Bonchev–Trinajstić information content (AvgIpc) is 2.77. The van der Waals surface area contributed by atoms with Gasteiger partial charge in [0.05, 0.1) is 6.61 Å². The third-order valence-electron chi connectivity index (χ3n) is 6.03. The largest absolute Gasteiger partial charge is 0.507 e. The van der Waals surface area contributed by atoms with Crippen LogP contribution in [0.3, 0.4) is 0 Å². The van der Waals surface area contributed by atoms with Gasteiger partial charge in [-0.1, -0.05) is 23.3 Å². The highest BCUT2D eigenvalue weighted by Gasteiger charge is 2.39. The van der Waals surface area contributed by atoms with Gasteiger partial charge in [-0.15, -0.1) is 0 Å². The number of benzene rings is 1. The van der Waals surface area contributed by atoms with E-state index in [1.165, 1.54) is 0 Å². The molecule has 2 rings (SSSR count). The number of aliphatic carboxylic acids is 1. The van der Waals surface area contributed by atoms with Crippen molar-refractivity contribution in [2.45, 2.75) is 84.4 Å². The smallest absolute Gasteiger partial charge is 0.303 e. The molecule has 0 amide bonds. The molecular weight excluding hydrogens is 428 g/mol. The van der Waals surface area contributed by atoms with Crippen LogP contribution in [0.5, 0.6) is 11.5 Å². The monoisotopic (exact) mass is 464 g/mol. The van der Waals surface area contributed by atoms with Crippen LogP contribution in [0.1, 0.15) is 56.2 Å². The van der Waals surface area contributed by atoms with Gasteiger partial charge in [-0.25, -0.2) is 0 Å². The van der Waals surface area contributed by atoms with Crippen molar-refractivity contribution in [1.82, 2.24) is 0 Å². The molecule has 1 aromatic carbocycles. The van der Waals surface area contributed by atoms with Crippen molar-refractivity contribution in [2.75, 3.05) is 6.61 Å². The number of rotatable bonds is 10. The van der Waals surface area contributed by atoms with E-state index in [9.17, 15) is 25.2 Å². The van der Waals surface area contributed by atoms with Gasteiger partial charge in [0.2, 0.25) is 6.29 Å². The van der Waals surface area contributed by atoms with Crippen molar-refractivity contribution < 1.29 is 39.8 Å². The second-order valence-corrected chi connectivity index (χ2v) is 8.74. The van der Waals surface area contributed by atoms with E-state index >= 15 is 0 Å². The van der Waals surface area contributed by atoms with Crippen LogP contribution in [0.15, 0.2) is 29.4 Å². The molecule has 1 fully saturated rings. The number of hydrogen-bond acceptors (Lipinski definition) is 7. The molecule has 0 bridgehead atoms. The zero-order valence-corrected chi connectivity index (χ0v) is 19.7. The Labute approximate surface area is 194 Å². The molecule has 0 unspecified atom stereocenters. The highest BCUT2D eigenvalue weighted by atomic mass is 16.7. The summed E-state index contributed by atoms with van der Waals surface area (Å²) in [6, 6.07) is 1.70. The Morgan fingerprint density at radius 2 is 1.73 bits per heavy atom. The molecule has 1 aliphatic rings. The first-order valence-electron chi connectivity index (χ1n) is 11.2. The van der Waals surface area contributed by atoms with Crippen LogP contribution < -0.4 is 4.74 Å². The standard InChI is InChI=1S/C25H36O8/c1-14(6-5-7-15(2)9-11-21(27)28)8-10-18-12-20(16(3)17(4)22(18)29)33-25-24(31)23(30)19(26)13-32-25/h7-8,12,19,23-26,29-31H,5-6,9-11,13H2,1-4H3,(H,27,28)/b14-8?,15-7+/t19-,23+,24-,25+/m1/s1. The Bertz CT molecular complexity index is 889. The summed E-state index contributed by atoms with van der Waals surface area (Å²) in [6.45, 7) is 7.35. The van der Waals surface area contributed by atoms with Gasteiger partial charge in [0.25, 0.3) is 0 Å². The number of aliphatic hydroxyl groups excluding tert-OH is 3. The summed E-state index contributed by atoms with van der Waals surface area (Å²) in [6.07, 6.45) is 1.80. The molecule has 1 saturated heterocycles. The second kappa shape index (κ2) is 12.2. The normalized spacial score (nSPS) is 24.1. The van der Waals surface area contributed by atoms with E-state index < -0.39 is 30.6 Å². The Hall–Kier alpha value is -2.39. The molecule has 1 aliphatic heterocycles. The zero-order valence-electron chi connectivity index (χ0n) is 19.7. The lowest BCUT2D eigenvalue weighted by molar-refractivity contribution is -0.242. The molecule has 0 aromatic heterocycles. The molecule has 184 valence electrons. The van der Waals surface area contributed by atoms with Crippen LogP contribution in [0, 0.1) is 13.8 Å². The minimum Gasteiger partial charge on any atom is -0.507 e. The molecular formula is C25H36O8. The van der Waals surface area contributed by atoms with Crippen molar-refractivity contribution in [2.24, 2.45) is 0 Å². The fourth-order valence-corrected chi connectivity index (χ4v) is 3.56. The molecule has 0 radical (unpaired) electrons. The minimum absolute atomic E-state index is 0.135. The van der Waals surface area contributed by atoms with Crippen molar-refractivity contribution >= 4 is 5.97 Å². The van der Waals surface area contributed by atoms with E-state index in [4.69, 9.17) is 14.6 Å². The van der Waals surface area contributed by atoms with Gasteiger partial charge in [0, 0.05) is 12.0 Å². The predicted octanol–water partition coefficient (Wildman–Crippen LogP) is 2.91. The Kier molecular flexibility index (Phi) is 9.91. The van der Waals surface area contributed by atoms with Crippen molar-refractivity contribution in [3.05, 3.63) is 46.1 Å². The number of phenolic OH excluding ortho intramolecular Hbond substituents is 1. The van der Waals surface area contributed by atoms with Crippen LogP contribution in [0.2, 0.25) is 0 Å². The van der Waals surface area contributed by atoms with Crippen LogP contribution in [0.25, 0.3) is 0 Å². The first kappa shape index (κ1) is 26.9. The number of hydrogen-bond donors (Lipinski definition) is 5. The van der Waals surface area contributed by atoms with Crippen LogP contribution in [-0.2, 0) is 16.0 Å². The van der Waals surface area contributed by atoms with Crippen molar-refractivity contribution in [1.29, 1.82) is 0 Å². The second-order valence-electron chi connectivity index (χ2n) is 8.74. The van der Waals surface area contributed by atoms with E-state index in [1.807, 2.05) is 19.9 Å². The highest BCUT2D eigenvalue weighted by Crippen LogP contribution is 2.35. The maximum absolute atomic E-state index is 10.7. The fourth-order valence-electron chi connectivity index (χ4n) is 3.56. The first-order chi connectivity index (χ1) is 15.5. The highest BCUT2D eigenvalue weighted by molar-refractivity contribution is 5.67. The van der Waals surface area contributed by atoms with Gasteiger partial charge in [0.1, 0.15) is 29.8 Å². The predicted molar refractivity (Wildman–Crippen MR) is 123 cm³/mol. The summed E-state index contributed by atoms with van der Waals surface area (Å²) in [5.41, 5.74) is 4.20. The Morgan fingerprint density at radius 3 is 2.39 bits per heavy atom. The van der Waals surface area contributed by atoms with Crippen LogP contribution in [-0.4, -0.2) is 62.7 Å². The van der Waals surface area contributed by atoms with E-state index in [0.29, 0.717) is 35.3 Å². The van der Waals surface area contributed by atoms with Gasteiger partial charge in [-0.2, -0.15) is 0 Å². The number of ether oxygens (including phenoxy) is 2. The maximum Gasteiger partial charge on any atom is 0.303 e. The van der Waals surface area contributed by atoms with E-state index in [0.717, 1.165) is 24.0 Å². The molecule has 1 aromatic rings. The van der Waals surface area contributed by atoms with Crippen LogP contribution in [0.4, 0.5) is 0 Å². The number of aliphatic hydroxyl groups is 3. The minimum atomic E-state index is -1.40. The van der Waals surface area contributed by atoms with Gasteiger partial charge < -0.3 is 35.0 Å². The summed E-state index contributed by atoms with van der Waals surface area (Å²) in [5.74, 6) is -0.196. The molecule has 5 N–H and O–H groups in total. The van der Waals surface area contributed by atoms with Gasteiger partial charge in [0.15, 0.2) is 0 Å². The first-order valence-corrected chi connectivity index (χ1v) is 11.2. The van der Waals surface area contributed by atoms with E-state index in [-0.39, 0.29) is 18.8 Å². The topological polar surface area (TPSA) is 137 Å². The summed E-state index contributed by atoms with van der Waals surface area (Å²) < 4.78 is 11.1. The Morgan fingerprint density at radius 1 is 1.06 bits per heavy atom. The number of aromatic hydroxyl groups is 1. The molecule has 0 aliphatic carbocycles. The van der Waals surface area contributed by atoms with E-state index in [1.54, 1.807) is 19.9 Å². The Balaban J connectivity index is 2.06. The molecule has 0 spiro atoms. The molecule has 8 nitrogen and oxygen atoms in total. The third-order valence-corrected chi connectivity index (χ3v) is 6.03. The van der Waals surface area contributed by atoms with Gasteiger partial charge in [-0.3, -0.25) is 4.79 Å². The lowest BCUT2D eigenvalue weighted by Gasteiger charge is -2.35. The maximum atomic E-state index is 10.7. The lowest BCUT2D eigenvalue weighted by Crippen LogP contribution is -2.54. The fraction of sp³-hybridized carbons (Fsp3) is 0.560. The van der Waals surface area contributed by atoms with E-state index in [2.05, 4.69) is 6.08 Å². The molecule has 1 heterocycles. The lowest BCUT2D eigenvalue weighted by atomic mass is 9.99. The number of phenols is 1. The summed E-state index contributed by atoms with van der Waals surface area (Å²) in [4.78, 5) is 10.7. The molecule has 8 heteroatoms. The zero-order chi connectivity index (χ0) is 24.7. The van der Waals surface area contributed by atoms with Crippen molar-refractivity contribution in [3.8, 4) is 11.5 Å². The number of carboxylic acid groups (broad SMARTS) is 1.